The number of sulfonamides is 1. The number of nitrogens with one attached hydrogen (secondary N) is 2. The van der Waals surface area contributed by atoms with Crippen LogP contribution in [0.15, 0.2) is 36.5 Å². The minimum Gasteiger partial charge on any atom is -0.481 e. The van der Waals surface area contributed by atoms with Crippen LogP contribution in [0, 0.1) is 0 Å². The highest BCUT2D eigenvalue weighted by Crippen LogP contribution is 2.34. The lowest BCUT2D eigenvalue weighted by Gasteiger charge is -2.23. The third kappa shape index (κ3) is 6.91. The summed E-state index contributed by atoms with van der Waals surface area (Å²) >= 11 is 6.44. The molecule has 0 spiro atoms. The number of rotatable bonds is 11. The first kappa shape index (κ1) is 29.7. The summed E-state index contributed by atoms with van der Waals surface area (Å²) in [5.41, 5.74) is 3.57. The first-order valence-corrected chi connectivity index (χ1v) is 15.0. The molecule has 1 aliphatic rings. The largest absolute Gasteiger partial charge is 0.481 e. The molecule has 0 amide bonds. The second-order valence-electron chi connectivity index (χ2n) is 9.35. The third-order valence-corrected chi connectivity index (χ3v) is 8.08. The molecule has 2 aromatic heterocycles. The fraction of sp³-hybridized carbons (Fsp3) is 0.423. The molecule has 14 heteroatoms. The predicted molar refractivity (Wildman–Crippen MR) is 155 cm³/mol. The summed E-state index contributed by atoms with van der Waals surface area (Å²) < 4.78 is 30.7. The molecule has 1 aliphatic carbocycles. The molecule has 12 nitrogen and oxygen atoms in total. The first-order chi connectivity index (χ1) is 19.1. The van der Waals surface area contributed by atoms with Crippen LogP contribution in [0.1, 0.15) is 24.0 Å². The summed E-state index contributed by atoms with van der Waals surface area (Å²) in [5.74, 6) is 0.815. The monoisotopic (exact) mass is 591 g/mol. The van der Waals surface area contributed by atoms with Crippen molar-refractivity contribution < 1.29 is 23.1 Å². The maximum Gasteiger partial charge on any atom is 0.256 e. The number of aliphatic hydroxyl groups excluding tert-OH is 1. The van der Waals surface area contributed by atoms with Crippen molar-refractivity contribution in [1.29, 1.82) is 0 Å². The van der Waals surface area contributed by atoms with Crippen molar-refractivity contribution in [3.8, 4) is 5.88 Å². The number of anilines is 5. The Hall–Kier alpha value is -3.23. The molecule has 40 heavy (non-hydrogen) atoms. The van der Waals surface area contributed by atoms with Crippen LogP contribution in [0.25, 0.3) is 0 Å². The average molecular weight is 592 g/mol. The number of ether oxygens (including phenoxy) is 1. The molecule has 0 bridgehead atoms. The van der Waals surface area contributed by atoms with E-state index in [1.54, 1.807) is 12.1 Å². The summed E-state index contributed by atoms with van der Waals surface area (Å²) in [6.45, 7) is 0.701. The molecule has 0 fully saturated rings. The van der Waals surface area contributed by atoms with E-state index in [1.165, 1.54) is 43.7 Å². The van der Waals surface area contributed by atoms with Gasteiger partial charge in [0.2, 0.25) is 15.9 Å². The molecule has 0 saturated carbocycles. The molecule has 3 N–H and O–H groups in total. The van der Waals surface area contributed by atoms with Crippen LogP contribution >= 0.6 is 11.6 Å². The SMILES string of the molecule is COc1ccc(Nc2nc(N(OC)c3ccc4c(c3)CCCC(NCCO)C4)ncc2Cl)c(N(C)S(C)(=O)=O)n1. The van der Waals surface area contributed by atoms with Gasteiger partial charge in [0.1, 0.15) is 5.02 Å². The Labute approximate surface area is 239 Å². The molecule has 1 aromatic carbocycles. The second-order valence-corrected chi connectivity index (χ2v) is 11.8. The Morgan fingerprint density at radius 1 is 1.18 bits per heavy atom. The molecular formula is C26H34ClN7O5S. The molecule has 0 aliphatic heterocycles. The number of pyridine rings is 1. The summed E-state index contributed by atoms with van der Waals surface area (Å²) in [6, 6.07) is 9.66. The molecule has 4 rings (SSSR count). The highest BCUT2D eigenvalue weighted by atomic mass is 35.5. The molecule has 3 aromatic rings. The lowest BCUT2D eigenvalue weighted by atomic mass is 10.0. The van der Waals surface area contributed by atoms with E-state index in [-0.39, 0.29) is 35.1 Å². The van der Waals surface area contributed by atoms with Gasteiger partial charge in [0.25, 0.3) is 5.95 Å². The van der Waals surface area contributed by atoms with E-state index < -0.39 is 10.0 Å². The molecule has 0 saturated heterocycles. The number of nitrogens with zero attached hydrogens (tertiary/aromatic N) is 5. The number of benzene rings is 1. The molecule has 1 atom stereocenters. The van der Waals surface area contributed by atoms with E-state index in [2.05, 4.69) is 37.7 Å². The van der Waals surface area contributed by atoms with Crippen LogP contribution in [0.2, 0.25) is 5.02 Å². The standard InChI is InChI=1S/C26H34ClN7O5S/c1-33(40(4,36)37)25-22(10-11-23(31-25)38-2)30-24-21(27)16-29-26(32-24)34(39-3)20-9-8-18-14-19(28-12-13-35)7-5-6-17(18)15-20/h8-11,15-16,19,28,35H,5-7,12-14H2,1-4H3,(H,29,30,32). The maximum atomic E-state index is 12.3. The van der Waals surface area contributed by atoms with Crippen LogP contribution in [0.3, 0.4) is 0 Å². The summed E-state index contributed by atoms with van der Waals surface area (Å²) in [6.07, 6.45) is 6.39. The van der Waals surface area contributed by atoms with Crippen molar-refractivity contribution in [2.45, 2.75) is 31.7 Å². The lowest BCUT2D eigenvalue weighted by Crippen LogP contribution is -2.32. The normalized spacial score (nSPS) is 15.2. The van der Waals surface area contributed by atoms with E-state index in [1.807, 2.05) is 6.07 Å². The zero-order valence-corrected chi connectivity index (χ0v) is 24.5. The van der Waals surface area contributed by atoms with Crippen LogP contribution in [-0.2, 0) is 27.7 Å². The number of aromatic nitrogens is 3. The molecular weight excluding hydrogens is 558 g/mol. The van der Waals surface area contributed by atoms with Gasteiger partial charge in [-0.1, -0.05) is 17.7 Å². The third-order valence-electron chi connectivity index (χ3n) is 6.64. The summed E-state index contributed by atoms with van der Waals surface area (Å²) in [5, 5.41) is 17.4. The fourth-order valence-electron chi connectivity index (χ4n) is 4.53. The number of methoxy groups -OCH3 is 1. The number of hydrogen-bond acceptors (Lipinski definition) is 11. The van der Waals surface area contributed by atoms with Crippen molar-refractivity contribution in [2.24, 2.45) is 0 Å². The van der Waals surface area contributed by atoms with Gasteiger partial charge in [-0.2, -0.15) is 15.0 Å². The van der Waals surface area contributed by atoms with Crippen molar-refractivity contribution in [1.82, 2.24) is 20.3 Å². The smallest absolute Gasteiger partial charge is 0.256 e. The first-order valence-electron chi connectivity index (χ1n) is 12.7. The van der Waals surface area contributed by atoms with Crippen molar-refractivity contribution in [3.63, 3.8) is 0 Å². The van der Waals surface area contributed by atoms with Crippen LogP contribution in [0.4, 0.5) is 29.0 Å². The molecule has 0 radical (unpaired) electrons. The fourth-order valence-corrected chi connectivity index (χ4v) is 5.12. The number of halogens is 1. The van der Waals surface area contributed by atoms with E-state index in [4.69, 9.17) is 26.3 Å². The van der Waals surface area contributed by atoms with Crippen LogP contribution in [-0.4, -0.2) is 75.2 Å². The van der Waals surface area contributed by atoms with Gasteiger partial charge in [0.05, 0.1) is 44.7 Å². The van der Waals surface area contributed by atoms with Gasteiger partial charge in [-0.05, 0) is 55.0 Å². The Morgan fingerprint density at radius 3 is 2.67 bits per heavy atom. The molecule has 216 valence electrons. The maximum absolute atomic E-state index is 12.3. The highest BCUT2D eigenvalue weighted by molar-refractivity contribution is 7.92. The topological polar surface area (TPSA) is 142 Å². The van der Waals surface area contributed by atoms with E-state index >= 15 is 0 Å². The van der Waals surface area contributed by atoms with Gasteiger partial charge in [-0.25, -0.2) is 13.4 Å². The van der Waals surface area contributed by atoms with Gasteiger partial charge in [0, 0.05) is 25.7 Å². The highest BCUT2D eigenvalue weighted by Gasteiger charge is 2.22. The zero-order chi connectivity index (χ0) is 28.9. The van der Waals surface area contributed by atoms with Crippen molar-refractivity contribution in [3.05, 3.63) is 52.7 Å². The van der Waals surface area contributed by atoms with E-state index in [0.717, 1.165) is 41.9 Å². The molecule has 2 heterocycles. The van der Waals surface area contributed by atoms with Crippen LogP contribution in [0.5, 0.6) is 5.88 Å². The Bertz CT molecular complexity index is 1440. The summed E-state index contributed by atoms with van der Waals surface area (Å²) in [4.78, 5) is 18.9. The summed E-state index contributed by atoms with van der Waals surface area (Å²) in [7, 11) is 0.746. The van der Waals surface area contributed by atoms with Crippen LogP contribution < -0.4 is 24.7 Å². The number of fused-ring (bicyclic) bond motifs is 1. The van der Waals surface area contributed by atoms with Gasteiger partial charge >= 0.3 is 0 Å². The molecule has 1 unspecified atom stereocenters. The second kappa shape index (κ2) is 13.0. The van der Waals surface area contributed by atoms with Gasteiger partial charge in [-0.3, -0.25) is 9.14 Å². The van der Waals surface area contributed by atoms with E-state index in [0.29, 0.717) is 18.3 Å². The quantitative estimate of drug-likeness (QED) is 0.223. The minimum absolute atomic E-state index is 0.110. The Balaban J connectivity index is 1.64. The number of hydrogen-bond donors (Lipinski definition) is 3. The number of aliphatic hydroxyl groups is 1. The zero-order valence-electron chi connectivity index (χ0n) is 22.9. The average Bonchev–Trinajstić information content (AvgIpc) is 3.14. The Kier molecular flexibility index (Phi) is 9.64. The van der Waals surface area contributed by atoms with Gasteiger partial charge < -0.3 is 20.5 Å². The van der Waals surface area contributed by atoms with E-state index in [9.17, 15) is 8.42 Å². The van der Waals surface area contributed by atoms with Gasteiger partial charge in [-0.15, -0.1) is 0 Å². The number of aryl methyl sites for hydroxylation is 1. The predicted octanol–water partition coefficient (Wildman–Crippen LogP) is 3.20. The van der Waals surface area contributed by atoms with Crippen molar-refractivity contribution >= 4 is 50.6 Å². The Morgan fingerprint density at radius 2 is 1.98 bits per heavy atom. The minimum atomic E-state index is -3.62. The van der Waals surface area contributed by atoms with Crippen molar-refractivity contribution in [2.75, 3.05) is 55.4 Å². The lowest BCUT2D eigenvalue weighted by molar-refractivity contribution is 0.197. The van der Waals surface area contributed by atoms with Gasteiger partial charge in [0.15, 0.2) is 11.6 Å².